The monoisotopic (exact) mass is 266 g/mol. The highest BCUT2D eigenvalue weighted by Crippen LogP contribution is 2.21. The van der Waals surface area contributed by atoms with Gasteiger partial charge in [0.1, 0.15) is 0 Å². The smallest absolute Gasteiger partial charge is 0.0544 e. The first kappa shape index (κ1) is 15.5. The third kappa shape index (κ3) is 5.40. The highest BCUT2D eigenvalue weighted by molar-refractivity contribution is 7.99. The molecule has 0 N–H and O–H groups in total. The van der Waals surface area contributed by atoms with E-state index in [-0.39, 0.29) is 5.41 Å². The van der Waals surface area contributed by atoms with E-state index in [0.29, 0.717) is 0 Å². The molecule has 0 amide bonds. The van der Waals surface area contributed by atoms with E-state index < -0.39 is 0 Å². The third-order valence-electron chi connectivity index (χ3n) is 2.94. The number of hydrogen-bond acceptors (Lipinski definition) is 3. The molecule has 0 radical (unpaired) electrons. The normalized spacial score (nSPS) is 12.1. The summed E-state index contributed by atoms with van der Waals surface area (Å²) in [6, 6.07) is 4.36. The Labute approximate surface area is 116 Å². The molecule has 3 heteroatoms. The van der Waals surface area contributed by atoms with E-state index in [2.05, 4.69) is 56.8 Å². The number of hydrogen-bond donors (Lipinski definition) is 0. The van der Waals surface area contributed by atoms with Crippen LogP contribution in [0.3, 0.4) is 0 Å². The highest BCUT2D eigenvalue weighted by atomic mass is 32.2. The van der Waals surface area contributed by atoms with E-state index in [1.54, 1.807) is 0 Å². The van der Waals surface area contributed by atoms with Gasteiger partial charge in [-0.05, 0) is 29.8 Å². The van der Waals surface area contributed by atoms with Gasteiger partial charge >= 0.3 is 0 Å². The fraction of sp³-hybridized carbons (Fsp3) is 0.667. The first-order valence-corrected chi connectivity index (χ1v) is 7.80. The van der Waals surface area contributed by atoms with Gasteiger partial charge in [-0.3, -0.25) is 9.88 Å². The molecule has 2 nitrogen and oxygen atoms in total. The first-order chi connectivity index (χ1) is 8.43. The summed E-state index contributed by atoms with van der Waals surface area (Å²) in [5.41, 5.74) is 2.65. The van der Waals surface area contributed by atoms with Crippen molar-refractivity contribution >= 4 is 11.8 Å². The highest BCUT2D eigenvalue weighted by Gasteiger charge is 2.13. The van der Waals surface area contributed by atoms with Gasteiger partial charge in [0.2, 0.25) is 0 Å². The van der Waals surface area contributed by atoms with E-state index >= 15 is 0 Å². The molecule has 0 aromatic carbocycles. The van der Waals surface area contributed by atoms with Gasteiger partial charge in [0.25, 0.3) is 0 Å². The minimum absolute atomic E-state index is 0.190. The van der Waals surface area contributed by atoms with Gasteiger partial charge in [-0.25, -0.2) is 0 Å². The Morgan fingerprint density at radius 1 is 1.28 bits per heavy atom. The minimum atomic E-state index is 0.190. The summed E-state index contributed by atoms with van der Waals surface area (Å²) >= 11 is 1.99. The molecule has 1 aromatic rings. The second-order valence-electron chi connectivity index (χ2n) is 5.72. The van der Waals surface area contributed by atoms with Crippen LogP contribution < -0.4 is 0 Å². The lowest BCUT2D eigenvalue weighted by molar-refractivity contribution is 0.344. The molecular formula is C15H26N2S. The fourth-order valence-electron chi connectivity index (χ4n) is 1.68. The zero-order chi connectivity index (χ0) is 13.6. The Balaban J connectivity index is 2.48. The summed E-state index contributed by atoms with van der Waals surface area (Å²) in [6.45, 7) is 10.9. The molecule has 0 spiro atoms. The first-order valence-electron chi connectivity index (χ1n) is 6.65. The molecule has 1 aromatic heterocycles. The van der Waals surface area contributed by atoms with Gasteiger partial charge in [0.15, 0.2) is 0 Å². The maximum Gasteiger partial charge on any atom is 0.0544 e. The van der Waals surface area contributed by atoms with Crippen molar-refractivity contribution in [2.24, 2.45) is 0 Å². The van der Waals surface area contributed by atoms with Gasteiger partial charge in [-0.1, -0.05) is 33.8 Å². The number of pyridine rings is 1. The van der Waals surface area contributed by atoms with Crippen molar-refractivity contribution in [1.82, 2.24) is 9.88 Å². The summed E-state index contributed by atoms with van der Waals surface area (Å²) in [5.74, 6) is 2.40. The quantitative estimate of drug-likeness (QED) is 0.732. The standard InChI is InChI=1S/C15H26N2S/c1-6-18-10-9-17(5)12-14-8-7-13(11-16-14)15(2,3)4/h7-8,11H,6,9-10,12H2,1-5H3. The van der Waals surface area contributed by atoms with Gasteiger partial charge in [0, 0.05) is 25.0 Å². The summed E-state index contributed by atoms with van der Waals surface area (Å²) in [6.07, 6.45) is 2.02. The topological polar surface area (TPSA) is 16.1 Å². The lowest BCUT2D eigenvalue weighted by Gasteiger charge is -2.20. The zero-order valence-corrected chi connectivity index (χ0v) is 13.2. The van der Waals surface area contributed by atoms with Crippen molar-refractivity contribution in [1.29, 1.82) is 0 Å². The molecule has 0 saturated carbocycles. The molecule has 0 atom stereocenters. The van der Waals surface area contributed by atoms with Crippen molar-refractivity contribution in [3.8, 4) is 0 Å². The van der Waals surface area contributed by atoms with Crippen LogP contribution in [0.15, 0.2) is 18.3 Å². The molecule has 0 aliphatic heterocycles. The van der Waals surface area contributed by atoms with Crippen LogP contribution in [0, 0.1) is 0 Å². The zero-order valence-electron chi connectivity index (χ0n) is 12.4. The molecular weight excluding hydrogens is 240 g/mol. The van der Waals surface area contributed by atoms with Crippen molar-refractivity contribution in [3.05, 3.63) is 29.6 Å². The Bertz CT molecular complexity index is 341. The second-order valence-corrected chi connectivity index (χ2v) is 7.12. The predicted molar refractivity (Wildman–Crippen MR) is 82.3 cm³/mol. The average Bonchev–Trinajstić information content (AvgIpc) is 2.29. The largest absolute Gasteiger partial charge is 0.300 e. The van der Waals surface area contributed by atoms with Crippen molar-refractivity contribution in [2.45, 2.75) is 39.7 Å². The molecule has 102 valence electrons. The van der Waals surface area contributed by atoms with Crippen molar-refractivity contribution < 1.29 is 0 Å². The summed E-state index contributed by atoms with van der Waals surface area (Å²) < 4.78 is 0. The van der Waals surface area contributed by atoms with Gasteiger partial charge in [0.05, 0.1) is 5.69 Å². The van der Waals surface area contributed by atoms with E-state index in [9.17, 15) is 0 Å². The SMILES string of the molecule is CCSCCN(C)Cc1ccc(C(C)(C)C)cn1. The Hall–Kier alpha value is -0.540. The molecule has 0 saturated heterocycles. The van der Waals surface area contributed by atoms with Gasteiger partial charge in [-0.15, -0.1) is 0 Å². The summed E-state index contributed by atoms with van der Waals surface area (Å²) in [7, 11) is 2.16. The van der Waals surface area contributed by atoms with Crippen LogP contribution in [-0.2, 0) is 12.0 Å². The van der Waals surface area contributed by atoms with Crippen LogP contribution in [-0.4, -0.2) is 35.0 Å². The second kappa shape index (κ2) is 7.15. The Morgan fingerprint density at radius 3 is 2.50 bits per heavy atom. The number of rotatable bonds is 6. The molecule has 18 heavy (non-hydrogen) atoms. The third-order valence-corrected chi connectivity index (χ3v) is 3.82. The van der Waals surface area contributed by atoms with Crippen LogP contribution in [0.5, 0.6) is 0 Å². The summed E-state index contributed by atoms with van der Waals surface area (Å²) in [5, 5.41) is 0. The van der Waals surface area contributed by atoms with Crippen LogP contribution >= 0.6 is 11.8 Å². The molecule has 0 aliphatic rings. The average molecular weight is 266 g/mol. The number of thioether (sulfide) groups is 1. The molecule has 0 fully saturated rings. The maximum absolute atomic E-state index is 4.56. The van der Waals surface area contributed by atoms with E-state index in [1.807, 2.05) is 18.0 Å². The van der Waals surface area contributed by atoms with Crippen molar-refractivity contribution in [2.75, 3.05) is 25.1 Å². The Morgan fingerprint density at radius 2 is 2.00 bits per heavy atom. The predicted octanol–water partition coefficient (Wildman–Crippen LogP) is 3.56. The van der Waals surface area contributed by atoms with Gasteiger partial charge in [-0.2, -0.15) is 11.8 Å². The van der Waals surface area contributed by atoms with Crippen LogP contribution in [0.2, 0.25) is 0 Å². The van der Waals surface area contributed by atoms with Crippen LogP contribution in [0.4, 0.5) is 0 Å². The van der Waals surface area contributed by atoms with E-state index in [4.69, 9.17) is 0 Å². The molecule has 1 rings (SSSR count). The van der Waals surface area contributed by atoms with Crippen LogP contribution in [0.1, 0.15) is 39.0 Å². The lowest BCUT2D eigenvalue weighted by Crippen LogP contribution is -2.21. The molecule has 0 aliphatic carbocycles. The Kier molecular flexibility index (Phi) is 6.16. The van der Waals surface area contributed by atoms with E-state index in [1.165, 1.54) is 17.1 Å². The van der Waals surface area contributed by atoms with Gasteiger partial charge < -0.3 is 0 Å². The molecule has 0 unspecified atom stereocenters. The minimum Gasteiger partial charge on any atom is -0.300 e. The van der Waals surface area contributed by atoms with E-state index in [0.717, 1.165) is 18.8 Å². The fourth-order valence-corrected chi connectivity index (χ4v) is 2.41. The van der Waals surface area contributed by atoms with Crippen molar-refractivity contribution in [3.63, 3.8) is 0 Å². The maximum atomic E-state index is 4.56. The molecule has 1 heterocycles. The number of nitrogens with zero attached hydrogens (tertiary/aromatic N) is 2. The van der Waals surface area contributed by atoms with Crippen LogP contribution in [0.25, 0.3) is 0 Å². The molecule has 0 bridgehead atoms. The summed E-state index contributed by atoms with van der Waals surface area (Å²) in [4.78, 5) is 6.90. The lowest BCUT2D eigenvalue weighted by atomic mass is 9.88. The number of aromatic nitrogens is 1.